The Kier molecular flexibility index (Phi) is 8.27. The van der Waals surface area contributed by atoms with Gasteiger partial charge in [0.2, 0.25) is 0 Å². The number of unbranched alkanes of at least 4 members (excludes halogenated alkanes) is 1. The van der Waals surface area contributed by atoms with Crippen molar-refractivity contribution in [3.8, 4) is 0 Å². The molecular weight excluding hydrogens is 264 g/mol. The highest BCUT2D eigenvalue weighted by Gasteiger charge is 2.33. The number of carbonyl (C=O) groups is 1. The number of hydrogen-bond donors (Lipinski definition) is 1. The average Bonchev–Trinajstić information content (AvgIpc) is 3.32. The lowest BCUT2D eigenvalue weighted by atomic mass is 9.94. The van der Waals surface area contributed by atoms with E-state index in [-0.39, 0.29) is 5.97 Å². The molecule has 1 rings (SSSR count). The predicted molar refractivity (Wildman–Crippen MR) is 87.5 cm³/mol. The number of hydrogen-bond acceptors (Lipinski definition) is 4. The lowest BCUT2D eigenvalue weighted by Crippen LogP contribution is -2.50. The molecule has 0 aromatic rings. The van der Waals surface area contributed by atoms with Gasteiger partial charge in [-0.05, 0) is 71.5 Å². The van der Waals surface area contributed by atoms with Crippen LogP contribution in [0.1, 0.15) is 65.7 Å². The monoisotopic (exact) mass is 298 g/mol. The molecule has 0 aromatic heterocycles. The maximum absolute atomic E-state index is 12.0. The van der Waals surface area contributed by atoms with E-state index >= 15 is 0 Å². The van der Waals surface area contributed by atoms with Crippen molar-refractivity contribution in [2.75, 3.05) is 26.7 Å². The Bertz CT molecular complexity index is 305. The van der Waals surface area contributed by atoms with Crippen molar-refractivity contribution in [2.45, 2.75) is 77.3 Å². The van der Waals surface area contributed by atoms with Crippen LogP contribution >= 0.6 is 0 Å². The van der Waals surface area contributed by atoms with Gasteiger partial charge < -0.3 is 15.0 Å². The molecule has 1 N–H and O–H groups in total. The van der Waals surface area contributed by atoms with Gasteiger partial charge in [0.1, 0.15) is 5.54 Å². The summed E-state index contributed by atoms with van der Waals surface area (Å²) in [5.41, 5.74) is -0.528. The van der Waals surface area contributed by atoms with E-state index in [1.807, 2.05) is 6.92 Å². The lowest BCUT2D eigenvalue weighted by molar-refractivity contribution is -0.148. The molecule has 21 heavy (non-hydrogen) atoms. The van der Waals surface area contributed by atoms with E-state index in [9.17, 15) is 4.79 Å². The Morgan fingerprint density at radius 3 is 2.48 bits per heavy atom. The summed E-state index contributed by atoms with van der Waals surface area (Å²) >= 11 is 0. The van der Waals surface area contributed by atoms with Crippen molar-refractivity contribution in [3.05, 3.63) is 0 Å². The van der Waals surface area contributed by atoms with E-state index in [4.69, 9.17) is 4.74 Å². The second-order valence-electron chi connectivity index (χ2n) is 6.47. The van der Waals surface area contributed by atoms with Gasteiger partial charge in [0.05, 0.1) is 7.11 Å². The van der Waals surface area contributed by atoms with Crippen molar-refractivity contribution in [1.29, 1.82) is 0 Å². The molecule has 1 unspecified atom stereocenters. The van der Waals surface area contributed by atoms with Crippen LogP contribution in [0.5, 0.6) is 0 Å². The standard InChI is InChI=1S/C17H34N2O2/c1-5-12-18-17(3,16(20)21-4)11-7-8-14-19(13-6-2)15-9-10-15/h15,18H,5-14H2,1-4H3. The maximum Gasteiger partial charge on any atom is 0.325 e. The molecule has 0 saturated heterocycles. The summed E-state index contributed by atoms with van der Waals surface area (Å²) in [6.45, 7) is 9.58. The van der Waals surface area contributed by atoms with Crippen LogP contribution in [0.4, 0.5) is 0 Å². The Morgan fingerprint density at radius 2 is 1.95 bits per heavy atom. The summed E-state index contributed by atoms with van der Waals surface area (Å²) in [4.78, 5) is 14.6. The first-order chi connectivity index (χ1) is 10.1. The van der Waals surface area contributed by atoms with Crippen molar-refractivity contribution in [1.82, 2.24) is 10.2 Å². The van der Waals surface area contributed by atoms with Crippen molar-refractivity contribution in [2.24, 2.45) is 0 Å². The van der Waals surface area contributed by atoms with Crippen LogP contribution in [0.3, 0.4) is 0 Å². The number of rotatable bonds is 12. The van der Waals surface area contributed by atoms with E-state index in [2.05, 4.69) is 24.1 Å². The molecule has 124 valence electrons. The molecule has 1 aliphatic carbocycles. The molecule has 1 saturated carbocycles. The number of methoxy groups -OCH3 is 1. The number of ether oxygens (including phenoxy) is 1. The van der Waals surface area contributed by atoms with E-state index < -0.39 is 5.54 Å². The number of esters is 1. The minimum absolute atomic E-state index is 0.136. The fourth-order valence-electron chi connectivity index (χ4n) is 2.89. The normalized spacial score (nSPS) is 17.8. The average molecular weight is 298 g/mol. The predicted octanol–water partition coefficient (Wildman–Crippen LogP) is 2.96. The summed E-state index contributed by atoms with van der Waals surface area (Å²) < 4.78 is 4.97. The summed E-state index contributed by atoms with van der Waals surface area (Å²) in [6.07, 6.45) is 8.08. The van der Waals surface area contributed by atoms with Crippen LogP contribution in [-0.4, -0.2) is 49.2 Å². The molecule has 0 aliphatic heterocycles. The third-order valence-electron chi connectivity index (χ3n) is 4.35. The van der Waals surface area contributed by atoms with E-state index in [1.165, 1.54) is 39.5 Å². The summed E-state index contributed by atoms with van der Waals surface area (Å²) in [5, 5.41) is 3.36. The molecule has 0 spiro atoms. The zero-order valence-corrected chi connectivity index (χ0v) is 14.4. The lowest BCUT2D eigenvalue weighted by Gasteiger charge is -2.28. The van der Waals surface area contributed by atoms with Crippen LogP contribution in [0, 0.1) is 0 Å². The van der Waals surface area contributed by atoms with Crippen LogP contribution in [0.25, 0.3) is 0 Å². The molecule has 1 atom stereocenters. The minimum Gasteiger partial charge on any atom is -0.468 e. The van der Waals surface area contributed by atoms with E-state index in [0.29, 0.717) is 0 Å². The first-order valence-corrected chi connectivity index (χ1v) is 8.64. The highest BCUT2D eigenvalue weighted by atomic mass is 16.5. The molecule has 0 bridgehead atoms. The second-order valence-corrected chi connectivity index (χ2v) is 6.47. The molecule has 1 fully saturated rings. The summed E-state index contributed by atoms with van der Waals surface area (Å²) in [5.74, 6) is -0.136. The van der Waals surface area contributed by atoms with Crippen molar-refractivity contribution < 1.29 is 9.53 Å². The van der Waals surface area contributed by atoms with Crippen LogP contribution in [0.15, 0.2) is 0 Å². The minimum atomic E-state index is -0.528. The fraction of sp³-hybridized carbons (Fsp3) is 0.941. The molecule has 0 aromatic carbocycles. The second kappa shape index (κ2) is 9.42. The van der Waals surface area contributed by atoms with E-state index in [1.54, 1.807) is 0 Å². The van der Waals surface area contributed by atoms with Gasteiger partial charge in [0.15, 0.2) is 0 Å². The molecule has 1 aliphatic rings. The SMILES string of the molecule is CCCNC(C)(CCCCN(CCC)C1CC1)C(=O)OC. The maximum atomic E-state index is 12.0. The highest BCUT2D eigenvalue weighted by molar-refractivity contribution is 5.80. The first-order valence-electron chi connectivity index (χ1n) is 8.64. The molecule has 0 heterocycles. The molecular formula is C17H34N2O2. The quantitative estimate of drug-likeness (QED) is 0.444. The van der Waals surface area contributed by atoms with Gasteiger partial charge >= 0.3 is 5.97 Å². The van der Waals surface area contributed by atoms with Gasteiger partial charge in [0.25, 0.3) is 0 Å². The molecule has 0 amide bonds. The van der Waals surface area contributed by atoms with Crippen molar-refractivity contribution >= 4 is 5.97 Å². The molecule has 4 nitrogen and oxygen atoms in total. The van der Waals surface area contributed by atoms with Gasteiger partial charge in [0, 0.05) is 6.04 Å². The summed E-state index contributed by atoms with van der Waals surface area (Å²) in [7, 11) is 1.48. The summed E-state index contributed by atoms with van der Waals surface area (Å²) in [6, 6.07) is 0.843. The highest BCUT2D eigenvalue weighted by Crippen LogP contribution is 2.27. The third kappa shape index (κ3) is 6.35. The molecule has 0 radical (unpaired) electrons. The smallest absolute Gasteiger partial charge is 0.325 e. The third-order valence-corrected chi connectivity index (χ3v) is 4.35. The molecule has 4 heteroatoms. The van der Waals surface area contributed by atoms with Crippen LogP contribution in [-0.2, 0) is 9.53 Å². The topological polar surface area (TPSA) is 41.6 Å². The van der Waals surface area contributed by atoms with Gasteiger partial charge in [-0.2, -0.15) is 0 Å². The zero-order chi connectivity index (χ0) is 15.7. The Hall–Kier alpha value is -0.610. The largest absolute Gasteiger partial charge is 0.468 e. The van der Waals surface area contributed by atoms with Crippen molar-refractivity contribution in [3.63, 3.8) is 0 Å². The number of carbonyl (C=O) groups excluding carboxylic acids is 1. The van der Waals surface area contributed by atoms with Crippen LogP contribution in [0.2, 0.25) is 0 Å². The fourth-order valence-corrected chi connectivity index (χ4v) is 2.89. The van der Waals surface area contributed by atoms with Gasteiger partial charge in [-0.1, -0.05) is 13.8 Å². The van der Waals surface area contributed by atoms with E-state index in [0.717, 1.165) is 38.3 Å². The van der Waals surface area contributed by atoms with Gasteiger partial charge in [-0.25, -0.2) is 0 Å². The van der Waals surface area contributed by atoms with Gasteiger partial charge in [-0.3, -0.25) is 4.79 Å². The van der Waals surface area contributed by atoms with Gasteiger partial charge in [-0.15, -0.1) is 0 Å². The Labute approximate surface area is 130 Å². The Balaban J connectivity index is 2.33. The first kappa shape index (κ1) is 18.4. The number of nitrogens with one attached hydrogen (secondary N) is 1. The Morgan fingerprint density at radius 1 is 1.24 bits per heavy atom. The van der Waals surface area contributed by atoms with Crippen LogP contribution < -0.4 is 5.32 Å². The zero-order valence-electron chi connectivity index (χ0n) is 14.4. The number of nitrogens with zero attached hydrogens (tertiary/aromatic N) is 1.